The summed E-state index contributed by atoms with van der Waals surface area (Å²) < 4.78 is 5.65. The van der Waals surface area contributed by atoms with Crippen LogP contribution in [0.25, 0.3) is 0 Å². The van der Waals surface area contributed by atoms with Crippen molar-refractivity contribution in [1.29, 1.82) is 0 Å². The summed E-state index contributed by atoms with van der Waals surface area (Å²) in [6.45, 7) is 12.4. The molecule has 2 saturated heterocycles. The molecule has 0 aliphatic carbocycles. The van der Waals surface area contributed by atoms with E-state index >= 15 is 0 Å². The van der Waals surface area contributed by atoms with Gasteiger partial charge in [-0.2, -0.15) is 0 Å². The predicted molar refractivity (Wildman–Crippen MR) is 107 cm³/mol. The molecule has 2 heterocycles. The number of guanidine groups is 1. The lowest BCUT2D eigenvalue weighted by Gasteiger charge is -2.25. The maximum Gasteiger partial charge on any atom is 0.193 e. The summed E-state index contributed by atoms with van der Waals surface area (Å²) in [5, 5.41) is 3.56. The van der Waals surface area contributed by atoms with Crippen molar-refractivity contribution in [3.05, 3.63) is 35.4 Å². The molecular weight excluding hydrogens is 324 g/mol. The second kappa shape index (κ2) is 8.87. The predicted octanol–water partition coefficient (Wildman–Crippen LogP) is 2.72. The van der Waals surface area contributed by atoms with Gasteiger partial charge in [0.1, 0.15) is 0 Å². The first-order chi connectivity index (χ1) is 12.7. The monoisotopic (exact) mass is 358 g/mol. The quantitative estimate of drug-likeness (QED) is 0.627. The number of nitrogens with one attached hydrogen (secondary N) is 1. The zero-order chi connectivity index (χ0) is 18.4. The molecule has 1 aromatic carbocycles. The molecule has 0 saturated carbocycles. The van der Waals surface area contributed by atoms with Gasteiger partial charge in [0.2, 0.25) is 0 Å². The van der Waals surface area contributed by atoms with E-state index in [0.717, 1.165) is 58.4 Å². The van der Waals surface area contributed by atoms with E-state index in [1.54, 1.807) is 0 Å². The number of hydrogen-bond donors (Lipinski definition) is 1. The first-order valence-corrected chi connectivity index (χ1v) is 10.0. The fourth-order valence-electron chi connectivity index (χ4n) is 4.14. The molecule has 2 aliphatic rings. The van der Waals surface area contributed by atoms with E-state index in [0.29, 0.717) is 5.41 Å². The molecular formula is C21H34N4O. The Hall–Kier alpha value is -1.59. The number of benzene rings is 1. The van der Waals surface area contributed by atoms with E-state index in [9.17, 15) is 0 Å². The van der Waals surface area contributed by atoms with Crippen molar-refractivity contribution in [2.45, 2.75) is 39.8 Å². The van der Waals surface area contributed by atoms with Crippen molar-refractivity contribution in [3.8, 4) is 0 Å². The van der Waals surface area contributed by atoms with Gasteiger partial charge in [-0.25, -0.2) is 0 Å². The zero-order valence-corrected chi connectivity index (χ0v) is 16.6. The Morgan fingerprint density at radius 2 is 2.08 bits per heavy atom. The molecule has 0 amide bonds. The van der Waals surface area contributed by atoms with Gasteiger partial charge in [0.05, 0.1) is 6.61 Å². The average Bonchev–Trinajstić information content (AvgIpc) is 3.31. The standard InChI is InChI=1S/C21H34N4O/c1-4-24(5-2)15-19-8-6-7-18(13-19)14-23-20(22-3)25-11-9-21(16-25)10-12-26-17-21/h6-8,13H,4-5,9-12,14-17H2,1-3H3,(H,22,23). The van der Waals surface area contributed by atoms with Crippen LogP contribution in [-0.4, -0.2) is 62.2 Å². The molecule has 3 rings (SSSR count). The van der Waals surface area contributed by atoms with E-state index < -0.39 is 0 Å². The lowest BCUT2D eigenvalue weighted by Crippen LogP contribution is -2.41. The van der Waals surface area contributed by atoms with Crippen LogP contribution in [0.3, 0.4) is 0 Å². The minimum atomic E-state index is 0.362. The van der Waals surface area contributed by atoms with E-state index in [4.69, 9.17) is 4.74 Å². The molecule has 144 valence electrons. The summed E-state index contributed by atoms with van der Waals surface area (Å²) in [6, 6.07) is 8.90. The van der Waals surface area contributed by atoms with Gasteiger partial charge >= 0.3 is 0 Å². The lowest BCUT2D eigenvalue weighted by molar-refractivity contribution is 0.156. The van der Waals surface area contributed by atoms with Crippen LogP contribution in [0.2, 0.25) is 0 Å². The number of hydrogen-bond acceptors (Lipinski definition) is 3. The van der Waals surface area contributed by atoms with Crippen molar-refractivity contribution >= 4 is 5.96 Å². The third kappa shape index (κ3) is 4.57. The van der Waals surface area contributed by atoms with Gasteiger partial charge in [-0.3, -0.25) is 9.89 Å². The minimum absolute atomic E-state index is 0.362. The van der Waals surface area contributed by atoms with Gasteiger partial charge in [0, 0.05) is 45.2 Å². The second-order valence-corrected chi connectivity index (χ2v) is 7.66. The van der Waals surface area contributed by atoms with E-state index in [1.165, 1.54) is 24.0 Å². The summed E-state index contributed by atoms with van der Waals surface area (Å²) >= 11 is 0. The molecule has 5 heteroatoms. The van der Waals surface area contributed by atoms with Gasteiger partial charge < -0.3 is 15.0 Å². The summed E-state index contributed by atoms with van der Waals surface area (Å²) in [7, 11) is 1.88. The summed E-state index contributed by atoms with van der Waals surface area (Å²) in [4.78, 5) is 9.36. The second-order valence-electron chi connectivity index (χ2n) is 7.66. The average molecular weight is 359 g/mol. The lowest BCUT2D eigenvalue weighted by atomic mass is 9.87. The van der Waals surface area contributed by atoms with Crippen LogP contribution < -0.4 is 5.32 Å². The van der Waals surface area contributed by atoms with E-state index in [2.05, 4.69) is 58.2 Å². The normalized spacial score (nSPS) is 23.4. The zero-order valence-electron chi connectivity index (χ0n) is 16.6. The molecule has 1 N–H and O–H groups in total. The Morgan fingerprint density at radius 3 is 2.77 bits per heavy atom. The smallest absolute Gasteiger partial charge is 0.193 e. The highest BCUT2D eigenvalue weighted by molar-refractivity contribution is 5.80. The molecule has 0 radical (unpaired) electrons. The van der Waals surface area contributed by atoms with Crippen LogP contribution in [0.1, 0.15) is 37.8 Å². The number of likely N-dealkylation sites (tertiary alicyclic amines) is 1. The van der Waals surface area contributed by atoms with Crippen molar-refractivity contribution in [3.63, 3.8) is 0 Å². The third-order valence-corrected chi connectivity index (χ3v) is 5.88. The molecule has 0 bridgehead atoms. The maximum atomic E-state index is 5.65. The topological polar surface area (TPSA) is 40.1 Å². The van der Waals surface area contributed by atoms with Gasteiger partial charge in [0.15, 0.2) is 5.96 Å². The minimum Gasteiger partial charge on any atom is -0.381 e. The largest absolute Gasteiger partial charge is 0.381 e. The van der Waals surface area contributed by atoms with Gasteiger partial charge in [-0.15, -0.1) is 0 Å². The maximum absolute atomic E-state index is 5.65. The van der Waals surface area contributed by atoms with Crippen molar-refractivity contribution in [1.82, 2.24) is 15.1 Å². The highest BCUT2D eigenvalue weighted by Gasteiger charge is 2.42. The van der Waals surface area contributed by atoms with Gasteiger partial charge in [-0.05, 0) is 37.1 Å². The number of nitrogens with zero attached hydrogens (tertiary/aromatic N) is 3. The Labute approximate surface area is 158 Å². The van der Waals surface area contributed by atoms with Crippen LogP contribution in [0.15, 0.2) is 29.3 Å². The van der Waals surface area contributed by atoms with Gasteiger partial charge in [-0.1, -0.05) is 38.1 Å². The number of rotatable bonds is 6. The van der Waals surface area contributed by atoms with E-state index in [-0.39, 0.29) is 0 Å². The van der Waals surface area contributed by atoms with Crippen LogP contribution in [-0.2, 0) is 17.8 Å². The van der Waals surface area contributed by atoms with Gasteiger partial charge in [0.25, 0.3) is 0 Å². The Bertz CT molecular complexity index is 606. The van der Waals surface area contributed by atoms with Crippen molar-refractivity contribution in [2.24, 2.45) is 10.4 Å². The molecule has 2 fully saturated rings. The summed E-state index contributed by atoms with van der Waals surface area (Å²) in [6.07, 6.45) is 2.40. The highest BCUT2D eigenvalue weighted by Crippen LogP contribution is 2.38. The Kier molecular flexibility index (Phi) is 6.54. The first kappa shape index (κ1) is 19.2. The third-order valence-electron chi connectivity index (χ3n) is 5.88. The summed E-state index contributed by atoms with van der Waals surface area (Å²) in [5.74, 6) is 1.02. The molecule has 1 atom stereocenters. The fourth-order valence-corrected chi connectivity index (χ4v) is 4.14. The molecule has 1 unspecified atom stereocenters. The SMILES string of the molecule is CCN(CC)Cc1cccc(CNC(=NC)N2CCC3(CCOC3)C2)c1. The Balaban J connectivity index is 1.56. The van der Waals surface area contributed by atoms with Crippen LogP contribution in [0.4, 0.5) is 0 Å². The van der Waals surface area contributed by atoms with Crippen LogP contribution >= 0.6 is 0 Å². The van der Waals surface area contributed by atoms with Crippen LogP contribution in [0, 0.1) is 5.41 Å². The van der Waals surface area contributed by atoms with Crippen molar-refractivity contribution in [2.75, 3.05) is 46.4 Å². The first-order valence-electron chi connectivity index (χ1n) is 10.0. The number of aliphatic imine (C=N–C) groups is 1. The number of ether oxygens (including phenoxy) is 1. The highest BCUT2D eigenvalue weighted by atomic mass is 16.5. The fraction of sp³-hybridized carbons (Fsp3) is 0.667. The molecule has 1 spiro atoms. The Morgan fingerprint density at radius 1 is 1.27 bits per heavy atom. The van der Waals surface area contributed by atoms with E-state index in [1.807, 2.05) is 7.05 Å². The van der Waals surface area contributed by atoms with Crippen LogP contribution in [0.5, 0.6) is 0 Å². The van der Waals surface area contributed by atoms with Crippen molar-refractivity contribution < 1.29 is 4.74 Å². The molecule has 26 heavy (non-hydrogen) atoms. The molecule has 1 aromatic rings. The molecule has 0 aromatic heterocycles. The molecule has 2 aliphatic heterocycles. The summed E-state index contributed by atoms with van der Waals surface area (Å²) in [5.41, 5.74) is 3.06. The molecule has 5 nitrogen and oxygen atoms in total.